The Morgan fingerprint density at radius 2 is 1.77 bits per heavy atom. The molecule has 0 N–H and O–H groups in total. The van der Waals surface area contributed by atoms with Gasteiger partial charge >= 0.3 is 0 Å². The Morgan fingerprint density at radius 1 is 1.00 bits per heavy atom. The smallest absolute Gasteiger partial charge is 0.123 e. The molecule has 0 amide bonds. The van der Waals surface area contributed by atoms with Gasteiger partial charge in [0.05, 0.1) is 20.3 Å². The minimum Gasteiger partial charge on any atom is -0.496 e. The number of morpholine rings is 1. The maximum absolute atomic E-state index is 5.60. The van der Waals surface area contributed by atoms with Crippen molar-refractivity contribution in [2.45, 2.75) is 25.4 Å². The molecule has 2 aliphatic rings. The third-order valence-electron chi connectivity index (χ3n) is 5.56. The van der Waals surface area contributed by atoms with E-state index in [1.807, 2.05) is 6.07 Å². The highest BCUT2D eigenvalue weighted by molar-refractivity contribution is 5.48. The highest BCUT2D eigenvalue weighted by Gasteiger charge is 2.28. The largest absolute Gasteiger partial charge is 0.496 e. The molecule has 1 unspecified atom stereocenters. The normalized spacial score (nSPS) is 21.1. The van der Waals surface area contributed by atoms with E-state index < -0.39 is 0 Å². The van der Waals surface area contributed by atoms with E-state index in [1.54, 1.807) is 7.11 Å². The standard InChI is InChI=1S/C22H28N2O2/c1-25-22-7-3-2-5-20(22)21-6-4-12-24(21)17-18-8-10-19(11-9-18)23-13-15-26-16-14-23/h2-3,5,7-11,21H,4,6,12-17H2,1H3. The Morgan fingerprint density at radius 3 is 2.54 bits per heavy atom. The molecule has 26 heavy (non-hydrogen) atoms. The summed E-state index contributed by atoms with van der Waals surface area (Å²) in [6.45, 7) is 5.77. The third-order valence-corrected chi connectivity index (χ3v) is 5.56. The fraction of sp³-hybridized carbons (Fsp3) is 0.455. The monoisotopic (exact) mass is 352 g/mol. The van der Waals surface area contributed by atoms with Crippen molar-refractivity contribution in [2.75, 3.05) is 44.9 Å². The molecular formula is C22H28N2O2. The summed E-state index contributed by atoms with van der Waals surface area (Å²) < 4.78 is 11.0. The molecule has 0 aliphatic carbocycles. The molecule has 0 bridgehead atoms. The molecule has 2 fully saturated rings. The summed E-state index contributed by atoms with van der Waals surface area (Å²) in [6, 6.07) is 18.0. The van der Waals surface area contributed by atoms with E-state index >= 15 is 0 Å². The molecule has 4 nitrogen and oxygen atoms in total. The molecule has 0 spiro atoms. The molecule has 4 heteroatoms. The van der Waals surface area contributed by atoms with Crippen LogP contribution in [0, 0.1) is 0 Å². The minimum absolute atomic E-state index is 0.449. The van der Waals surface area contributed by atoms with Gasteiger partial charge in [-0.15, -0.1) is 0 Å². The van der Waals surface area contributed by atoms with Crippen molar-refractivity contribution in [1.82, 2.24) is 4.90 Å². The first-order valence-corrected chi connectivity index (χ1v) is 9.64. The van der Waals surface area contributed by atoms with E-state index in [9.17, 15) is 0 Å². The summed E-state index contributed by atoms with van der Waals surface area (Å²) in [5.74, 6) is 1.01. The molecule has 0 radical (unpaired) electrons. The van der Waals surface area contributed by atoms with Crippen LogP contribution in [-0.4, -0.2) is 44.9 Å². The van der Waals surface area contributed by atoms with Crippen molar-refractivity contribution in [2.24, 2.45) is 0 Å². The predicted molar refractivity (Wildman–Crippen MR) is 105 cm³/mol. The summed E-state index contributed by atoms with van der Waals surface area (Å²) in [4.78, 5) is 4.99. The number of anilines is 1. The Balaban J connectivity index is 1.46. The maximum Gasteiger partial charge on any atom is 0.123 e. The van der Waals surface area contributed by atoms with Crippen molar-refractivity contribution in [3.8, 4) is 5.75 Å². The van der Waals surface area contributed by atoms with Gasteiger partial charge in [-0.05, 0) is 43.1 Å². The number of hydrogen-bond donors (Lipinski definition) is 0. The van der Waals surface area contributed by atoms with Crippen molar-refractivity contribution in [3.63, 3.8) is 0 Å². The van der Waals surface area contributed by atoms with E-state index in [-0.39, 0.29) is 0 Å². The molecule has 138 valence electrons. The van der Waals surface area contributed by atoms with E-state index in [0.717, 1.165) is 45.1 Å². The quantitative estimate of drug-likeness (QED) is 0.816. The second-order valence-corrected chi connectivity index (χ2v) is 7.14. The molecule has 2 aromatic carbocycles. The van der Waals surface area contributed by atoms with Crippen molar-refractivity contribution in [1.29, 1.82) is 0 Å². The number of hydrogen-bond acceptors (Lipinski definition) is 4. The van der Waals surface area contributed by atoms with Gasteiger partial charge in [-0.2, -0.15) is 0 Å². The van der Waals surface area contributed by atoms with Crippen LogP contribution in [0.5, 0.6) is 5.75 Å². The number of likely N-dealkylation sites (tertiary alicyclic amines) is 1. The molecule has 2 aliphatic heterocycles. The number of benzene rings is 2. The molecule has 0 saturated carbocycles. The average Bonchev–Trinajstić information content (AvgIpc) is 3.17. The number of methoxy groups -OCH3 is 1. The van der Waals surface area contributed by atoms with E-state index in [1.165, 1.54) is 29.7 Å². The Hall–Kier alpha value is -2.04. The summed E-state index contributed by atoms with van der Waals surface area (Å²) in [7, 11) is 1.77. The van der Waals surface area contributed by atoms with Crippen LogP contribution < -0.4 is 9.64 Å². The van der Waals surface area contributed by atoms with E-state index in [2.05, 4.69) is 52.3 Å². The fourth-order valence-corrected chi connectivity index (χ4v) is 4.18. The van der Waals surface area contributed by atoms with Gasteiger partial charge in [-0.25, -0.2) is 0 Å². The molecule has 0 aromatic heterocycles. The zero-order chi connectivity index (χ0) is 17.8. The van der Waals surface area contributed by atoms with Crippen LogP contribution in [0.25, 0.3) is 0 Å². The summed E-state index contributed by atoms with van der Waals surface area (Å²) in [6.07, 6.45) is 2.45. The fourth-order valence-electron chi connectivity index (χ4n) is 4.18. The van der Waals surface area contributed by atoms with Crippen LogP contribution in [0.3, 0.4) is 0 Å². The first-order valence-electron chi connectivity index (χ1n) is 9.64. The van der Waals surface area contributed by atoms with Gasteiger partial charge in [-0.1, -0.05) is 30.3 Å². The molecule has 4 rings (SSSR count). The lowest BCUT2D eigenvalue weighted by Crippen LogP contribution is -2.36. The zero-order valence-corrected chi connectivity index (χ0v) is 15.6. The lowest BCUT2D eigenvalue weighted by molar-refractivity contribution is 0.122. The topological polar surface area (TPSA) is 24.9 Å². The van der Waals surface area contributed by atoms with Crippen molar-refractivity contribution >= 4 is 5.69 Å². The second kappa shape index (κ2) is 8.11. The Bertz CT molecular complexity index is 710. The number of nitrogens with zero attached hydrogens (tertiary/aromatic N) is 2. The van der Waals surface area contributed by atoms with Gasteiger partial charge < -0.3 is 14.4 Å². The van der Waals surface area contributed by atoms with Crippen molar-refractivity contribution in [3.05, 3.63) is 59.7 Å². The molecule has 2 saturated heterocycles. The van der Waals surface area contributed by atoms with Crippen LogP contribution in [0.15, 0.2) is 48.5 Å². The number of rotatable bonds is 5. The predicted octanol–water partition coefficient (Wildman–Crippen LogP) is 3.87. The van der Waals surface area contributed by atoms with Crippen LogP contribution in [0.4, 0.5) is 5.69 Å². The Kier molecular flexibility index (Phi) is 5.42. The molecule has 2 aromatic rings. The summed E-state index contributed by atoms with van der Waals surface area (Å²) in [5.41, 5.74) is 4.00. The van der Waals surface area contributed by atoms with Gasteiger partial charge in [-0.3, -0.25) is 4.90 Å². The highest BCUT2D eigenvalue weighted by atomic mass is 16.5. The van der Waals surface area contributed by atoms with E-state index in [4.69, 9.17) is 9.47 Å². The third kappa shape index (κ3) is 3.71. The first kappa shape index (κ1) is 17.4. The van der Waals surface area contributed by atoms with Gasteiger partial charge in [0.1, 0.15) is 5.75 Å². The lowest BCUT2D eigenvalue weighted by atomic mass is 10.0. The zero-order valence-electron chi connectivity index (χ0n) is 15.6. The molecular weight excluding hydrogens is 324 g/mol. The number of para-hydroxylation sites is 1. The SMILES string of the molecule is COc1ccccc1C1CCCN1Cc1ccc(N2CCOCC2)cc1. The van der Waals surface area contributed by atoms with Gasteiger partial charge in [0.15, 0.2) is 0 Å². The van der Waals surface area contributed by atoms with Gasteiger partial charge in [0.2, 0.25) is 0 Å². The minimum atomic E-state index is 0.449. The average molecular weight is 352 g/mol. The van der Waals surface area contributed by atoms with Gasteiger partial charge in [0.25, 0.3) is 0 Å². The van der Waals surface area contributed by atoms with Crippen LogP contribution in [0.2, 0.25) is 0 Å². The summed E-state index contributed by atoms with van der Waals surface area (Å²) >= 11 is 0. The summed E-state index contributed by atoms with van der Waals surface area (Å²) in [5, 5.41) is 0. The van der Waals surface area contributed by atoms with E-state index in [0.29, 0.717) is 6.04 Å². The van der Waals surface area contributed by atoms with Crippen LogP contribution in [-0.2, 0) is 11.3 Å². The Labute approximate surface area is 156 Å². The lowest BCUT2D eigenvalue weighted by Gasteiger charge is -2.29. The number of ether oxygens (including phenoxy) is 2. The van der Waals surface area contributed by atoms with Crippen LogP contribution in [0.1, 0.15) is 30.0 Å². The van der Waals surface area contributed by atoms with Crippen molar-refractivity contribution < 1.29 is 9.47 Å². The molecule has 2 heterocycles. The maximum atomic E-state index is 5.60. The highest BCUT2D eigenvalue weighted by Crippen LogP contribution is 2.37. The van der Waals surface area contributed by atoms with Gasteiger partial charge in [0, 0.05) is 36.9 Å². The second-order valence-electron chi connectivity index (χ2n) is 7.14. The first-order chi connectivity index (χ1) is 12.8. The molecule has 1 atom stereocenters. The van der Waals surface area contributed by atoms with Crippen LogP contribution >= 0.6 is 0 Å².